The third kappa shape index (κ3) is 10.2. The van der Waals surface area contributed by atoms with E-state index in [1.807, 2.05) is 0 Å². The van der Waals surface area contributed by atoms with Gasteiger partial charge in [0.1, 0.15) is 18.8 Å². The normalized spacial score (nSPS) is 30.3. The van der Waals surface area contributed by atoms with Crippen LogP contribution in [0.5, 0.6) is 0 Å². The van der Waals surface area contributed by atoms with E-state index >= 15 is 0 Å². The topological polar surface area (TPSA) is 212 Å². The van der Waals surface area contributed by atoms with Gasteiger partial charge in [0.25, 0.3) is 0 Å². The molecule has 2 saturated heterocycles. The van der Waals surface area contributed by atoms with Crippen LogP contribution >= 0.6 is 0 Å². The van der Waals surface area contributed by atoms with Gasteiger partial charge in [-0.1, -0.05) is 0 Å². The molecule has 0 bridgehead atoms. The summed E-state index contributed by atoms with van der Waals surface area (Å²) in [5, 5.41) is 0. The van der Waals surface area contributed by atoms with Crippen molar-refractivity contribution in [1.82, 2.24) is 0 Å². The number of esters is 7. The summed E-state index contributed by atoms with van der Waals surface area (Å²) in [5.74, 6) is -5.62. The summed E-state index contributed by atoms with van der Waals surface area (Å²) in [7, 11) is 0. The Hall–Kier alpha value is -3.83. The van der Waals surface area contributed by atoms with Crippen molar-refractivity contribution >= 4 is 41.8 Å². The molecule has 0 radical (unpaired) electrons. The first-order valence-electron chi connectivity index (χ1n) is 12.7. The zero-order valence-electron chi connectivity index (χ0n) is 24.1. The van der Waals surface area contributed by atoms with Gasteiger partial charge in [0, 0.05) is 48.5 Å². The Bertz CT molecular complexity index is 1040. The maximum atomic E-state index is 12.0. The second-order valence-corrected chi connectivity index (χ2v) is 9.20. The summed E-state index contributed by atoms with van der Waals surface area (Å²) in [4.78, 5) is 82.6. The molecule has 9 atom stereocenters. The molecule has 0 aromatic rings. The van der Waals surface area contributed by atoms with E-state index in [1.54, 1.807) is 0 Å². The number of hydrogen-bond acceptors (Lipinski definition) is 17. The van der Waals surface area contributed by atoms with Crippen molar-refractivity contribution in [3.8, 4) is 0 Å². The lowest BCUT2D eigenvalue weighted by Crippen LogP contribution is -2.63. The summed E-state index contributed by atoms with van der Waals surface area (Å²) in [5.41, 5.74) is 0. The van der Waals surface area contributed by atoms with Gasteiger partial charge in [0.2, 0.25) is 12.4 Å². The Morgan fingerprint density at radius 2 is 0.786 bits per heavy atom. The van der Waals surface area contributed by atoms with Crippen molar-refractivity contribution in [3.05, 3.63) is 0 Å². The smallest absolute Gasteiger partial charge is 0.305 e. The maximum absolute atomic E-state index is 12.0. The Kier molecular flexibility index (Phi) is 12.6. The summed E-state index contributed by atoms with van der Waals surface area (Å²) in [6.45, 7) is 6.58. The van der Waals surface area contributed by atoms with Crippen LogP contribution in [0.2, 0.25) is 0 Å². The van der Waals surface area contributed by atoms with Gasteiger partial charge in [0.05, 0.1) is 6.61 Å². The Morgan fingerprint density at radius 3 is 1.24 bits per heavy atom. The molecule has 0 spiro atoms. The minimum atomic E-state index is -1.64. The largest absolute Gasteiger partial charge is 0.463 e. The molecule has 17 nitrogen and oxygen atoms in total. The van der Waals surface area contributed by atoms with Crippen molar-refractivity contribution in [3.63, 3.8) is 0 Å². The van der Waals surface area contributed by atoms with Gasteiger partial charge in [-0.2, -0.15) is 0 Å². The van der Waals surface area contributed by atoms with Crippen LogP contribution in [0.25, 0.3) is 0 Å². The van der Waals surface area contributed by atoms with Crippen LogP contribution in [0.15, 0.2) is 0 Å². The van der Waals surface area contributed by atoms with Crippen LogP contribution in [0.4, 0.5) is 0 Å². The van der Waals surface area contributed by atoms with Gasteiger partial charge < -0.3 is 47.4 Å². The van der Waals surface area contributed by atoms with Gasteiger partial charge in [-0.15, -0.1) is 0 Å². The van der Waals surface area contributed by atoms with Crippen molar-refractivity contribution in [1.29, 1.82) is 0 Å². The van der Waals surface area contributed by atoms with Crippen molar-refractivity contribution in [2.24, 2.45) is 0 Å². The average Bonchev–Trinajstić information content (AvgIpc) is 3.14. The SMILES string of the molecule is CC(=O)OC[C@@H]1O[C@@H](OC[C@H]2O[C@@H](OC(C)=O)[C@H](OC(C)=O)[C@@H](OC(C)=O)[C@@H]2OC(C)=O)[C@H](OC(C)=O)[C@H]1OC(C)=O. The highest BCUT2D eigenvalue weighted by atomic mass is 16.8. The highest BCUT2D eigenvalue weighted by Gasteiger charge is 2.55. The lowest BCUT2D eigenvalue weighted by Gasteiger charge is -2.43. The molecule has 0 aliphatic carbocycles. The molecule has 2 aliphatic heterocycles. The molecule has 2 heterocycles. The van der Waals surface area contributed by atoms with E-state index in [9.17, 15) is 33.6 Å². The molecular formula is C25H34O17. The number of rotatable bonds is 11. The van der Waals surface area contributed by atoms with Gasteiger partial charge in [0.15, 0.2) is 30.7 Å². The van der Waals surface area contributed by atoms with Crippen molar-refractivity contribution in [2.45, 2.75) is 104 Å². The van der Waals surface area contributed by atoms with Gasteiger partial charge in [-0.25, -0.2) is 0 Å². The minimum Gasteiger partial charge on any atom is -0.463 e. The molecule has 0 N–H and O–H groups in total. The maximum Gasteiger partial charge on any atom is 0.305 e. The zero-order valence-corrected chi connectivity index (χ0v) is 24.1. The molecule has 2 fully saturated rings. The van der Waals surface area contributed by atoms with Crippen molar-refractivity contribution < 1.29 is 80.9 Å². The monoisotopic (exact) mass is 606 g/mol. The third-order valence-electron chi connectivity index (χ3n) is 5.53. The second kappa shape index (κ2) is 15.4. The Balaban J connectivity index is 2.42. The minimum absolute atomic E-state index is 0.395. The first-order valence-corrected chi connectivity index (χ1v) is 12.7. The summed E-state index contributed by atoms with van der Waals surface area (Å²) >= 11 is 0. The molecule has 2 aliphatic rings. The van der Waals surface area contributed by atoms with Crippen LogP contribution in [0, 0.1) is 0 Å². The Labute approximate surface area is 240 Å². The molecule has 17 heteroatoms. The number of carbonyl (C=O) groups is 7. The fourth-order valence-electron chi connectivity index (χ4n) is 4.25. The predicted octanol–water partition coefficient (Wildman–Crippen LogP) is -0.762. The molecule has 0 aromatic heterocycles. The lowest BCUT2D eigenvalue weighted by molar-refractivity contribution is -0.307. The molecular weight excluding hydrogens is 572 g/mol. The molecule has 0 saturated carbocycles. The van der Waals surface area contributed by atoms with Crippen LogP contribution in [0.3, 0.4) is 0 Å². The molecule has 0 aromatic carbocycles. The van der Waals surface area contributed by atoms with Crippen LogP contribution < -0.4 is 0 Å². The van der Waals surface area contributed by atoms with Crippen molar-refractivity contribution in [2.75, 3.05) is 13.2 Å². The van der Waals surface area contributed by atoms with E-state index in [1.165, 1.54) is 0 Å². The van der Waals surface area contributed by atoms with E-state index in [0.29, 0.717) is 0 Å². The third-order valence-corrected chi connectivity index (χ3v) is 5.53. The summed E-state index contributed by atoms with van der Waals surface area (Å²) in [6, 6.07) is 0. The van der Waals surface area contributed by atoms with Crippen LogP contribution in [0.1, 0.15) is 48.5 Å². The molecule has 0 amide bonds. The van der Waals surface area contributed by atoms with Gasteiger partial charge in [-0.05, 0) is 0 Å². The highest BCUT2D eigenvalue weighted by molar-refractivity contribution is 5.69. The number of ether oxygens (including phenoxy) is 10. The molecule has 2 rings (SSSR count). The fraction of sp³-hybridized carbons (Fsp3) is 0.720. The van der Waals surface area contributed by atoms with E-state index < -0.39 is 110 Å². The van der Waals surface area contributed by atoms with E-state index in [2.05, 4.69) is 0 Å². The van der Waals surface area contributed by atoms with E-state index in [4.69, 9.17) is 47.4 Å². The number of hydrogen-bond donors (Lipinski definition) is 0. The molecule has 42 heavy (non-hydrogen) atoms. The molecule has 0 unspecified atom stereocenters. The average molecular weight is 607 g/mol. The summed E-state index contributed by atoms with van der Waals surface area (Å²) in [6.07, 6.45) is -12.8. The first kappa shape index (κ1) is 34.4. The quantitative estimate of drug-likeness (QED) is 0.209. The second-order valence-electron chi connectivity index (χ2n) is 9.20. The highest BCUT2D eigenvalue weighted by Crippen LogP contribution is 2.32. The molecule has 236 valence electrons. The first-order chi connectivity index (χ1) is 19.6. The van der Waals surface area contributed by atoms with E-state index in [0.717, 1.165) is 48.5 Å². The van der Waals surface area contributed by atoms with Crippen LogP contribution in [-0.4, -0.2) is 110 Å². The lowest BCUT2D eigenvalue weighted by atomic mass is 9.98. The standard InChI is InChI=1S/C25H34O17/c1-10(26)33-8-17-20(36-12(3)28)22(38-14(5)30)24(41-17)34-9-18-19(35-11(2)27)21(37-13(4)29)23(39-15(6)31)25(42-18)40-16(7)32/h17-25H,8-9H2,1-7H3/t17-,18+,19+,20-,21-,22+,23+,24+,25+/m0/s1. The van der Waals surface area contributed by atoms with Gasteiger partial charge in [-0.3, -0.25) is 33.6 Å². The predicted molar refractivity (Wildman–Crippen MR) is 129 cm³/mol. The van der Waals surface area contributed by atoms with Crippen LogP contribution in [-0.2, 0) is 80.9 Å². The Morgan fingerprint density at radius 1 is 0.429 bits per heavy atom. The summed E-state index contributed by atoms with van der Waals surface area (Å²) < 4.78 is 53.8. The fourth-order valence-corrected chi connectivity index (χ4v) is 4.25. The van der Waals surface area contributed by atoms with E-state index in [-0.39, 0.29) is 0 Å². The number of carbonyl (C=O) groups excluding carboxylic acids is 7. The van der Waals surface area contributed by atoms with Gasteiger partial charge >= 0.3 is 41.8 Å². The zero-order chi connectivity index (χ0) is 31.7.